The molecule has 0 aromatic heterocycles. The van der Waals surface area contributed by atoms with Gasteiger partial charge in [0.05, 0.1) is 12.0 Å². The maximum atomic E-state index is 13.1. The highest BCUT2D eigenvalue weighted by atomic mass is 19.1. The van der Waals surface area contributed by atoms with Crippen LogP contribution in [0, 0.1) is 5.82 Å². The molecule has 0 heterocycles. The fraction of sp³-hybridized carbons (Fsp3) is 0.364. The van der Waals surface area contributed by atoms with E-state index in [1.807, 2.05) is 30.3 Å². The Hall–Kier alpha value is -2.73. The van der Waals surface area contributed by atoms with E-state index in [-0.39, 0.29) is 18.3 Å². The van der Waals surface area contributed by atoms with Crippen LogP contribution in [0.2, 0.25) is 0 Å². The van der Waals surface area contributed by atoms with E-state index < -0.39 is 24.0 Å². The number of rotatable bonds is 7. The number of hydrogen-bond donors (Lipinski definition) is 3. The lowest BCUT2D eigenvalue weighted by Gasteiger charge is -2.30. The summed E-state index contributed by atoms with van der Waals surface area (Å²) in [5, 5.41) is 15.1. The molecule has 1 fully saturated rings. The van der Waals surface area contributed by atoms with Crippen LogP contribution in [0.5, 0.6) is 0 Å². The van der Waals surface area contributed by atoms with Crippen LogP contribution in [0.1, 0.15) is 36.8 Å². The normalized spacial score (nSPS) is 16.4. The van der Waals surface area contributed by atoms with E-state index in [1.54, 1.807) is 12.1 Å². The summed E-state index contributed by atoms with van der Waals surface area (Å²) in [4.78, 5) is 25.6. The van der Waals surface area contributed by atoms with Crippen LogP contribution < -0.4 is 10.6 Å². The molecule has 1 unspecified atom stereocenters. The van der Waals surface area contributed by atoms with Gasteiger partial charge in [-0.3, -0.25) is 9.59 Å². The van der Waals surface area contributed by atoms with Gasteiger partial charge in [0.15, 0.2) is 0 Å². The van der Waals surface area contributed by atoms with Gasteiger partial charge in [-0.05, 0) is 36.1 Å². The first-order valence-corrected chi connectivity index (χ1v) is 9.55. The molecule has 1 aliphatic carbocycles. The largest absolute Gasteiger partial charge is 0.394 e. The zero-order valence-electron chi connectivity index (χ0n) is 15.7. The summed E-state index contributed by atoms with van der Waals surface area (Å²) >= 11 is 0. The summed E-state index contributed by atoms with van der Waals surface area (Å²) in [6, 6.07) is 14.3. The Kier molecular flexibility index (Phi) is 6.41. The number of aliphatic hydroxyl groups is 1. The van der Waals surface area contributed by atoms with Crippen LogP contribution in [-0.2, 0) is 21.5 Å². The van der Waals surface area contributed by atoms with Gasteiger partial charge < -0.3 is 15.7 Å². The van der Waals surface area contributed by atoms with Crippen molar-refractivity contribution in [2.24, 2.45) is 0 Å². The van der Waals surface area contributed by atoms with Crippen LogP contribution >= 0.6 is 0 Å². The predicted molar refractivity (Wildman–Crippen MR) is 104 cm³/mol. The lowest BCUT2D eigenvalue weighted by atomic mass is 9.78. The fourth-order valence-corrected chi connectivity index (χ4v) is 3.79. The quantitative estimate of drug-likeness (QED) is 0.686. The number of aliphatic hydroxyl groups excluding tert-OH is 1. The van der Waals surface area contributed by atoms with E-state index in [0.717, 1.165) is 36.8 Å². The summed E-state index contributed by atoms with van der Waals surface area (Å²) in [7, 11) is 0. The number of carbonyl (C=O) groups is 2. The first-order valence-electron chi connectivity index (χ1n) is 9.55. The van der Waals surface area contributed by atoms with E-state index in [1.165, 1.54) is 12.1 Å². The standard InChI is InChI=1S/C22H25FN2O3/c23-18-10-8-16(9-11-18)14-24-20(27)19(15-26)25-21(28)22(12-4-5-13-22)17-6-2-1-3-7-17/h1-3,6-11,19,26H,4-5,12-15H2,(H,24,27)(H,25,28). The molecule has 1 aliphatic rings. The molecule has 2 aromatic rings. The van der Waals surface area contributed by atoms with Crippen LogP contribution in [0.4, 0.5) is 4.39 Å². The van der Waals surface area contributed by atoms with Crippen molar-refractivity contribution in [3.8, 4) is 0 Å². The minimum absolute atomic E-state index is 0.190. The number of hydrogen-bond acceptors (Lipinski definition) is 3. The van der Waals surface area contributed by atoms with Crippen LogP contribution in [0.3, 0.4) is 0 Å². The lowest BCUT2D eigenvalue weighted by Crippen LogP contribution is -2.54. The fourth-order valence-electron chi connectivity index (χ4n) is 3.79. The zero-order chi connectivity index (χ0) is 20.0. The molecule has 2 amide bonds. The maximum absolute atomic E-state index is 13.1. The third kappa shape index (κ3) is 4.39. The molecule has 2 aromatic carbocycles. The minimum Gasteiger partial charge on any atom is -0.394 e. The maximum Gasteiger partial charge on any atom is 0.245 e. The Balaban J connectivity index is 1.66. The Morgan fingerprint density at radius 1 is 1.04 bits per heavy atom. The monoisotopic (exact) mass is 384 g/mol. The Morgan fingerprint density at radius 2 is 1.68 bits per heavy atom. The average molecular weight is 384 g/mol. The lowest BCUT2D eigenvalue weighted by molar-refractivity contribution is -0.133. The molecule has 1 saturated carbocycles. The Labute approximate surface area is 164 Å². The number of halogens is 1. The molecule has 148 valence electrons. The van der Waals surface area contributed by atoms with Gasteiger partial charge in [-0.1, -0.05) is 55.3 Å². The molecule has 0 saturated heterocycles. The minimum atomic E-state index is -1.03. The van der Waals surface area contributed by atoms with E-state index in [4.69, 9.17) is 0 Å². The molecule has 1 atom stereocenters. The molecule has 0 aliphatic heterocycles. The van der Waals surface area contributed by atoms with Gasteiger partial charge in [0.25, 0.3) is 0 Å². The van der Waals surface area contributed by atoms with Crippen molar-refractivity contribution < 1.29 is 19.1 Å². The second-order valence-corrected chi connectivity index (χ2v) is 7.21. The molecule has 5 nitrogen and oxygen atoms in total. The smallest absolute Gasteiger partial charge is 0.245 e. The van der Waals surface area contributed by atoms with Crippen LogP contribution in [0.15, 0.2) is 54.6 Å². The summed E-state index contributed by atoms with van der Waals surface area (Å²) in [5.74, 6) is -1.05. The van der Waals surface area contributed by atoms with Gasteiger partial charge in [0.1, 0.15) is 11.9 Å². The van der Waals surface area contributed by atoms with Gasteiger partial charge in [-0.2, -0.15) is 0 Å². The molecule has 0 spiro atoms. The van der Waals surface area contributed by atoms with Crippen molar-refractivity contribution in [1.29, 1.82) is 0 Å². The summed E-state index contributed by atoms with van der Waals surface area (Å²) < 4.78 is 13.0. The highest BCUT2D eigenvalue weighted by Crippen LogP contribution is 2.41. The molecule has 6 heteroatoms. The third-order valence-electron chi connectivity index (χ3n) is 5.40. The first kappa shape index (κ1) is 20.0. The SMILES string of the molecule is O=C(NCc1ccc(F)cc1)C(CO)NC(=O)C1(c2ccccc2)CCCC1. The van der Waals surface area contributed by atoms with E-state index in [2.05, 4.69) is 10.6 Å². The molecular formula is C22H25FN2O3. The van der Waals surface area contributed by atoms with Crippen molar-refractivity contribution in [2.45, 2.75) is 43.7 Å². The number of carbonyl (C=O) groups excluding carboxylic acids is 2. The van der Waals surface area contributed by atoms with E-state index in [9.17, 15) is 19.1 Å². The van der Waals surface area contributed by atoms with Crippen molar-refractivity contribution in [1.82, 2.24) is 10.6 Å². The van der Waals surface area contributed by atoms with Crippen molar-refractivity contribution in [3.05, 3.63) is 71.5 Å². The van der Waals surface area contributed by atoms with Crippen molar-refractivity contribution in [3.63, 3.8) is 0 Å². The predicted octanol–water partition coefficient (Wildman–Crippen LogP) is 2.43. The van der Waals surface area contributed by atoms with Gasteiger partial charge in [0.2, 0.25) is 11.8 Å². The number of nitrogens with one attached hydrogen (secondary N) is 2. The molecule has 0 radical (unpaired) electrons. The van der Waals surface area contributed by atoms with Gasteiger partial charge in [-0.15, -0.1) is 0 Å². The average Bonchev–Trinajstić information content (AvgIpc) is 3.23. The van der Waals surface area contributed by atoms with E-state index in [0.29, 0.717) is 0 Å². The summed E-state index contributed by atoms with van der Waals surface area (Å²) in [6.45, 7) is -0.304. The molecule has 0 bridgehead atoms. The Bertz CT molecular complexity index is 802. The Morgan fingerprint density at radius 3 is 2.29 bits per heavy atom. The first-order chi connectivity index (χ1) is 13.5. The number of amides is 2. The van der Waals surface area contributed by atoms with Gasteiger partial charge >= 0.3 is 0 Å². The molecule has 3 N–H and O–H groups in total. The van der Waals surface area contributed by atoms with Crippen LogP contribution in [0.25, 0.3) is 0 Å². The van der Waals surface area contributed by atoms with Gasteiger partial charge in [-0.25, -0.2) is 4.39 Å². The summed E-state index contributed by atoms with van der Waals surface area (Å²) in [5.41, 5.74) is 1.01. The third-order valence-corrected chi connectivity index (χ3v) is 5.40. The van der Waals surface area contributed by atoms with Gasteiger partial charge in [0, 0.05) is 6.54 Å². The second kappa shape index (κ2) is 8.97. The van der Waals surface area contributed by atoms with Crippen molar-refractivity contribution >= 4 is 11.8 Å². The second-order valence-electron chi connectivity index (χ2n) is 7.21. The molecule has 28 heavy (non-hydrogen) atoms. The number of benzene rings is 2. The molecule has 3 rings (SSSR count). The highest BCUT2D eigenvalue weighted by molar-refractivity contribution is 5.93. The topological polar surface area (TPSA) is 78.4 Å². The summed E-state index contributed by atoms with van der Waals surface area (Å²) in [6.07, 6.45) is 3.34. The zero-order valence-corrected chi connectivity index (χ0v) is 15.7. The molecular weight excluding hydrogens is 359 g/mol. The van der Waals surface area contributed by atoms with Crippen LogP contribution in [-0.4, -0.2) is 29.6 Å². The highest BCUT2D eigenvalue weighted by Gasteiger charge is 2.43. The van der Waals surface area contributed by atoms with E-state index >= 15 is 0 Å². The van der Waals surface area contributed by atoms with Crippen molar-refractivity contribution in [2.75, 3.05) is 6.61 Å².